The number of hydrogen-bond donors (Lipinski definition) is 3. The van der Waals surface area contributed by atoms with E-state index in [0.29, 0.717) is 26.5 Å². The van der Waals surface area contributed by atoms with Crippen LogP contribution >= 0.6 is 11.3 Å². The van der Waals surface area contributed by atoms with Crippen LogP contribution in [0.1, 0.15) is 21.1 Å². The van der Waals surface area contributed by atoms with Crippen LogP contribution in [0.5, 0.6) is 0 Å². The topological polar surface area (TPSA) is 116 Å². The lowest BCUT2D eigenvalue weighted by atomic mass is 10.2. The molecule has 0 aliphatic rings. The van der Waals surface area contributed by atoms with E-state index in [2.05, 4.69) is 30.5 Å². The molecule has 3 rings (SSSR count). The van der Waals surface area contributed by atoms with Gasteiger partial charge >= 0.3 is 0 Å². The van der Waals surface area contributed by atoms with Crippen LogP contribution in [0.3, 0.4) is 0 Å². The van der Waals surface area contributed by atoms with Gasteiger partial charge in [0.15, 0.2) is 0 Å². The number of nitrogens with zero attached hydrogens (tertiary/aromatic N) is 3. The number of carbonyl (C=O) groups excluding carboxylic acids is 1. The summed E-state index contributed by atoms with van der Waals surface area (Å²) < 4.78 is 0. The van der Waals surface area contributed by atoms with Crippen molar-refractivity contribution < 1.29 is 4.79 Å². The van der Waals surface area contributed by atoms with E-state index in [1.54, 1.807) is 13.8 Å². The number of rotatable bonds is 2. The molecule has 102 valence electrons. The lowest BCUT2D eigenvalue weighted by molar-refractivity contribution is 0.102. The van der Waals surface area contributed by atoms with E-state index >= 15 is 0 Å². The first kappa shape index (κ1) is 12.5. The highest BCUT2D eigenvalue weighted by Crippen LogP contribution is 2.26. The highest BCUT2D eigenvalue weighted by atomic mass is 32.1. The van der Waals surface area contributed by atoms with Crippen LogP contribution in [0, 0.1) is 13.8 Å². The van der Waals surface area contributed by atoms with Gasteiger partial charge in [-0.3, -0.25) is 20.0 Å². The lowest BCUT2D eigenvalue weighted by Crippen LogP contribution is -2.13. The number of hydrogen-bond acceptors (Lipinski definition) is 6. The third-order valence-electron chi connectivity index (χ3n) is 2.76. The number of nitrogens with one attached hydrogen (secondary N) is 3. The molecule has 3 aromatic rings. The van der Waals surface area contributed by atoms with E-state index < -0.39 is 0 Å². The van der Waals surface area contributed by atoms with E-state index in [1.165, 1.54) is 6.33 Å². The maximum absolute atomic E-state index is 12.2. The van der Waals surface area contributed by atoms with Gasteiger partial charge in [-0.2, -0.15) is 4.98 Å². The molecule has 0 aromatic carbocycles. The molecule has 0 spiro atoms. The summed E-state index contributed by atoms with van der Waals surface area (Å²) in [4.78, 5) is 35.5. The van der Waals surface area contributed by atoms with Crippen LogP contribution in [0.15, 0.2) is 11.1 Å². The highest BCUT2D eigenvalue weighted by Gasteiger charge is 2.19. The largest absolute Gasteiger partial charge is 0.313 e. The maximum atomic E-state index is 12.2. The van der Waals surface area contributed by atoms with Gasteiger partial charge in [0.1, 0.15) is 10.7 Å². The highest BCUT2D eigenvalue weighted by molar-refractivity contribution is 7.20. The standard InChI is InChI=1S/C11H10N6O2S/c1-4-6-8(18)12-3-13-10(6)20-7(4)9(19)15-11-14-5(2)16-17-11/h3H,1-2H3,(H,12,13,18)(H2,14,15,16,17,19). The summed E-state index contributed by atoms with van der Waals surface area (Å²) >= 11 is 1.16. The maximum Gasteiger partial charge on any atom is 0.268 e. The molecule has 0 saturated carbocycles. The summed E-state index contributed by atoms with van der Waals surface area (Å²) in [5.74, 6) is 0.446. The fourth-order valence-corrected chi connectivity index (χ4v) is 2.90. The summed E-state index contributed by atoms with van der Waals surface area (Å²) in [5, 5.41) is 9.49. The Bertz CT molecular complexity index is 861. The minimum atomic E-state index is -0.357. The zero-order valence-corrected chi connectivity index (χ0v) is 11.5. The van der Waals surface area contributed by atoms with Gasteiger partial charge in [0.05, 0.1) is 16.6 Å². The lowest BCUT2D eigenvalue weighted by Gasteiger charge is -1.98. The van der Waals surface area contributed by atoms with Crippen LogP contribution in [0.4, 0.5) is 5.95 Å². The van der Waals surface area contributed by atoms with E-state index in [4.69, 9.17) is 0 Å². The Labute approximate surface area is 116 Å². The molecule has 3 aromatic heterocycles. The molecule has 1 amide bonds. The fourth-order valence-electron chi connectivity index (χ4n) is 1.85. The second kappa shape index (κ2) is 4.53. The molecule has 0 bridgehead atoms. The van der Waals surface area contributed by atoms with Gasteiger partial charge in [0, 0.05) is 0 Å². The Morgan fingerprint density at radius 3 is 2.85 bits per heavy atom. The summed E-state index contributed by atoms with van der Waals surface area (Å²) in [6.45, 7) is 3.45. The quantitative estimate of drug-likeness (QED) is 0.650. The number of fused-ring (bicyclic) bond motifs is 1. The number of aromatic nitrogens is 5. The molecule has 3 N–H and O–H groups in total. The van der Waals surface area contributed by atoms with Crippen molar-refractivity contribution in [1.29, 1.82) is 0 Å². The predicted octanol–water partition coefficient (Wildman–Crippen LogP) is 0.972. The van der Waals surface area contributed by atoms with Crippen molar-refractivity contribution in [2.75, 3.05) is 5.32 Å². The molecule has 8 nitrogen and oxygen atoms in total. The molecule has 3 heterocycles. The van der Waals surface area contributed by atoms with Gasteiger partial charge in [-0.1, -0.05) is 0 Å². The van der Waals surface area contributed by atoms with Gasteiger partial charge in [-0.05, 0) is 19.4 Å². The molecule has 9 heteroatoms. The Hall–Kier alpha value is -2.55. The van der Waals surface area contributed by atoms with Crippen molar-refractivity contribution in [2.45, 2.75) is 13.8 Å². The van der Waals surface area contributed by atoms with Gasteiger partial charge in [0.2, 0.25) is 5.95 Å². The number of H-pyrrole nitrogens is 2. The average Bonchev–Trinajstić information content (AvgIpc) is 2.95. The van der Waals surface area contributed by atoms with Crippen molar-refractivity contribution in [1.82, 2.24) is 25.1 Å². The summed E-state index contributed by atoms with van der Waals surface area (Å²) in [6, 6.07) is 0. The molecule has 0 aliphatic heterocycles. The fraction of sp³-hybridized carbons (Fsp3) is 0.182. The molecule has 0 aliphatic carbocycles. The van der Waals surface area contributed by atoms with Crippen LogP contribution in [-0.2, 0) is 0 Å². The molecular formula is C11H10N6O2S. The van der Waals surface area contributed by atoms with E-state index in [9.17, 15) is 9.59 Å². The third-order valence-corrected chi connectivity index (χ3v) is 3.96. The van der Waals surface area contributed by atoms with Crippen molar-refractivity contribution in [3.05, 3.63) is 32.9 Å². The third kappa shape index (κ3) is 1.97. The molecular weight excluding hydrogens is 280 g/mol. The smallest absolute Gasteiger partial charge is 0.268 e. The number of anilines is 1. The summed E-state index contributed by atoms with van der Waals surface area (Å²) in [7, 11) is 0. The van der Waals surface area contributed by atoms with Crippen molar-refractivity contribution in [3.63, 3.8) is 0 Å². The Morgan fingerprint density at radius 2 is 2.20 bits per heavy atom. The molecule has 0 atom stereocenters. The van der Waals surface area contributed by atoms with E-state index in [0.717, 1.165) is 11.3 Å². The first-order valence-corrected chi connectivity index (χ1v) is 6.55. The van der Waals surface area contributed by atoms with Gasteiger partial charge < -0.3 is 4.98 Å². The first-order chi connectivity index (χ1) is 9.56. The minimum absolute atomic E-state index is 0.200. The van der Waals surface area contributed by atoms with E-state index in [1.807, 2.05) is 0 Å². The Balaban J connectivity index is 2.02. The molecule has 0 radical (unpaired) electrons. The van der Waals surface area contributed by atoms with Gasteiger partial charge in [-0.25, -0.2) is 4.98 Å². The normalized spacial score (nSPS) is 10.9. The van der Waals surface area contributed by atoms with Crippen molar-refractivity contribution in [3.8, 4) is 0 Å². The Kier molecular flexibility index (Phi) is 2.83. The van der Waals surface area contributed by atoms with Gasteiger partial charge in [-0.15, -0.1) is 16.4 Å². The molecule has 0 fully saturated rings. The number of thiophene rings is 1. The second-order valence-corrected chi connectivity index (χ2v) is 5.17. The number of aromatic amines is 2. The zero-order valence-electron chi connectivity index (χ0n) is 10.6. The number of amides is 1. The van der Waals surface area contributed by atoms with Crippen molar-refractivity contribution >= 4 is 33.4 Å². The average molecular weight is 290 g/mol. The summed E-state index contributed by atoms with van der Waals surface area (Å²) in [5.41, 5.74) is 0.348. The van der Waals surface area contributed by atoms with Crippen LogP contribution in [0.2, 0.25) is 0 Å². The first-order valence-electron chi connectivity index (χ1n) is 5.73. The molecule has 20 heavy (non-hydrogen) atoms. The van der Waals surface area contributed by atoms with E-state index in [-0.39, 0.29) is 17.4 Å². The Morgan fingerprint density at radius 1 is 1.40 bits per heavy atom. The van der Waals surface area contributed by atoms with Crippen LogP contribution in [-0.4, -0.2) is 31.1 Å². The molecule has 0 saturated heterocycles. The zero-order chi connectivity index (χ0) is 14.3. The minimum Gasteiger partial charge on any atom is -0.313 e. The number of aryl methyl sites for hydroxylation is 2. The number of carbonyl (C=O) groups is 1. The predicted molar refractivity (Wildman–Crippen MR) is 74.1 cm³/mol. The second-order valence-electron chi connectivity index (χ2n) is 4.17. The summed E-state index contributed by atoms with van der Waals surface area (Å²) in [6.07, 6.45) is 1.32. The molecule has 0 unspecified atom stereocenters. The monoisotopic (exact) mass is 290 g/mol. The SMILES string of the molecule is Cc1nc(NC(=O)c2sc3nc[nH]c(=O)c3c2C)n[nH]1. The van der Waals surface area contributed by atoms with Crippen LogP contribution in [0.25, 0.3) is 10.2 Å². The van der Waals surface area contributed by atoms with Crippen LogP contribution < -0.4 is 10.9 Å². The van der Waals surface area contributed by atoms with Crippen molar-refractivity contribution in [2.24, 2.45) is 0 Å². The van der Waals surface area contributed by atoms with Gasteiger partial charge in [0.25, 0.3) is 11.5 Å².